The summed E-state index contributed by atoms with van der Waals surface area (Å²) in [5, 5.41) is 3.05. The van der Waals surface area contributed by atoms with E-state index in [2.05, 4.69) is 27.1 Å². The molecule has 0 saturated carbocycles. The van der Waals surface area contributed by atoms with Gasteiger partial charge in [0.2, 0.25) is 5.91 Å². The predicted molar refractivity (Wildman–Crippen MR) is 79.2 cm³/mol. The number of amides is 1. The Labute approximate surface area is 124 Å². The summed E-state index contributed by atoms with van der Waals surface area (Å²) in [4.78, 5) is 23.4. The van der Waals surface area contributed by atoms with Crippen LogP contribution in [0.2, 0.25) is 0 Å². The number of fused-ring (bicyclic) bond motifs is 3. The Morgan fingerprint density at radius 3 is 3.05 bits per heavy atom. The third kappa shape index (κ3) is 3.15. The molecular weight excluding hydrogens is 268 g/mol. The second-order valence-electron chi connectivity index (χ2n) is 5.88. The molecule has 6 heteroatoms. The number of nitrogens with one attached hydrogen (secondary N) is 1. The van der Waals surface area contributed by atoms with E-state index in [9.17, 15) is 4.79 Å². The van der Waals surface area contributed by atoms with Gasteiger partial charge in [-0.1, -0.05) is 6.92 Å². The van der Waals surface area contributed by atoms with E-state index in [1.807, 2.05) is 13.0 Å². The standard InChI is InChI=1S/C15H22N4O2/c1-3-4-13-16-10(2)5-14(18-13)19-6-11-8-21-9-12(7-19)17-15(11)20/h5,11-12H,3-4,6-9H2,1-2H3,(H,17,20)/t11-,12+/m1/s1. The van der Waals surface area contributed by atoms with Gasteiger partial charge in [-0.05, 0) is 13.3 Å². The van der Waals surface area contributed by atoms with Gasteiger partial charge < -0.3 is 15.0 Å². The van der Waals surface area contributed by atoms with Crippen molar-refractivity contribution in [2.75, 3.05) is 31.2 Å². The summed E-state index contributed by atoms with van der Waals surface area (Å²) < 4.78 is 5.56. The minimum atomic E-state index is -0.123. The van der Waals surface area contributed by atoms with Crippen LogP contribution in [0.3, 0.4) is 0 Å². The number of hydrogen-bond acceptors (Lipinski definition) is 5. The Morgan fingerprint density at radius 2 is 2.24 bits per heavy atom. The van der Waals surface area contributed by atoms with Crippen molar-refractivity contribution in [2.45, 2.75) is 32.7 Å². The first kappa shape index (κ1) is 14.3. The molecule has 114 valence electrons. The molecule has 1 aromatic rings. The van der Waals surface area contributed by atoms with Crippen LogP contribution in [0.5, 0.6) is 0 Å². The van der Waals surface area contributed by atoms with Crippen molar-refractivity contribution in [2.24, 2.45) is 5.92 Å². The number of carbonyl (C=O) groups is 1. The smallest absolute Gasteiger partial charge is 0.227 e. The van der Waals surface area contributed by atoms with Crippen molar-refractivity contribution in [1.29, 1.82) is 0 Å². The molecule has 2 saturated heterocycles. The highest BCUT2D eigenvalue weighted by molar-refractivity contribution is 5.80. The van der Waals surface area contributed by atoms with Gasteiger partial charge in [0.25, 0.3) is 0 Å². The molecule has 21 heavy (non-hydrogen) atoms. The maximum atomic E-state index is 12.1. The highest BCUT2D eigenvalue weighted by atomic mass is 16.5. The predicted octanol–water partition coefficient (Wildman–Crippen LogP) is 0.689. The first-order valence-corrected chi connectivity index (χ1v) is 7.63. The molecule has 1 N–H and O–H groups in total. The summed E-state index contributed by atoms with van der Waals surface area (Å²) in [5.41, 5.74) is 0.980. The van der Waals surface area contributed by atoms with Crippen LogP contribution in [0.4, 0.5) is 5.82 Å². The number of rotatable bonds is 3. The fourth-order valence-corrected chi connectivity index (χ4v) is 2.93. The minimum Gasteiger partial charge on any atom is -0.378 e. The summed E-state index contributed by atoms with van der Waals surface area (Å²) in [7, 11) is 0. The molecule has 3 heterocycles. The Bertz CT molecular complexity index is 534. The number of carbonyl (C=O) groups excluding carboxylic acids is 1. The lowest BCUT2D eigenvalue weighted by molar-refractivity contribution is -0.124. The molecule has 0 aliphatic carbocycles. The number of ether oxygens (including phenoxy) is 1. The lowest BCUT2D eigenvalue weighted by Gasteiger charge is -2.28. The molecule has 2 aliphatic rings. The highest BCUT2D eigenvalue weighted by Crippen LogP contribution is 2.20. The van der Waals surface area contributed by atoms with E-state index in [0.29, 0.717) is 19.8 Å². The van der Waals surface area contributed by atoms with Gasteiger partial charge in [-0.25, -0.2) is 9.97 Å². The maximum absolute atomic E-state index is 12.1. The lowest BCUT2D eigenvalue weighted by atomic mass is 10.1. The molecule has 1 aromatic heterocycles. The number of aromatic nitrogens is 2. The van der Waals surface area contributed by atoms with Crippen LogP contribution in [-0.2, 0) is 16.0 Å². The van der Waals surface area contributed by atoms with E-state index >= 15 is 0 Å². The second-order valence-corrected chi connectivity index (χ2v) is 5.88. The summed E-state index contributed by atoms with van der Waals surface area (Å²) in [6.45, 7) is 6.58. The SMILES string of the molecule is CCCc1nc(C)cc(N2C[C@H]3COC[C@@H](C2)C(=O)N3)n1. The first-order chi connectivity index (χ1) is 10.2. The Morgan fingerprint density at radius 1 is 1.38 bits per heavy atom. The van der Waals surface area contributed by atoms with Crippen molar-refractivity contribution >= 4 is 11.7 Å². The van der Waals surface area contributed by atoms with Crippen LogP contribution >= 0.6 is 0 Å². The molecule has 3 rings (SSSR count). The van der Waals surface area contributed by atoms with Gasteiger partial charge in [0, 0.05) is 31.3 Å². The minimum absolute atomic E-state index is 0.0369. The Hall–Kier alpha value is -1.69. The number of hydrogen-bond donors (Lipinski definition) is 1. The van der Waals surface area contributed by atoms with Gasteiger partial charge in [-0.15, -0.1) is 0 Å². The number of anilines is 1. The van der Waals surface area contributed by atoms with Crippen LogP contribution in [0, 0.1) is 12.8 Å². The van der Waals surface area contributed by atoms with E-state index in [0.717, 1.165) is 36.7 Å². The van der Waals surface area contributed by atoms with Gasteiger partial charge in [-0.2, -0.15) is 0 Å². The van der Waals surface area contributed by atoms with Crippen molar-refractivity contribution in [1.82, 2.24) is 15.3 Å². The van der Waals surface area contributed by atoms with E-state index in [-0.39, 0.29) is 17.9 Å². The largest absolute Gasteiger partial charge is 0.378 e. The maximum Gasteiger partial charge on any atom is 0.227 e. The molecule has 2 aliphatic heterocycles. The van der Waals surface area contributed by atoms with E-state index in [1.165, 1.54) is 0 Å². The molecule has 0 radical (unpaired) electrons. The summed E-state index contributed by atoms with van der Waals surface area (Å²) in [6, 6.07) is 2.04. The number of nitrogens with zero attached hydrogens (tertiary/aromatic N) is 3. The number of aryl methyl sites for hydroxylation is 2. The summed E-state index contributed by atoms with van der Waals surface area (Å²) in [6.07, 6.45) is 1.91. The van der Waals surface area contributed by atoms with Crippen LogP contribution in [0.15, 0.2) is 6.07 Å². The highest BCUT2D eigenvalue weighted by Gasteiger charge is 2.33. The Kier molecular flexibility index (Phi) is 4.05. The molecule has 2 fully saturated rings. The summed E-state index contributed by atoms with van der Waals surface area (Å²) >= 11 is 0. The van der Waals surface area contributed by atoms with Crippen LogP contribution < -0.4 is 10.2 Å². The van der Waals surface area contributed by atoms with Crippen LogP contribution in [-0.4, -0.2) is 48.2 Å². The van der Waals surface area contributed by atoms with Crippen molar-refractivity contribution in [3.8, 4) is 0 Å². The zero-order chi connectivity index (χ0) is 14.8. The fourth-order valence-electron chi connectivity index (χ4n) is 2.93. The van der Waals surface area contributed by atoms with Gasteiger partial charge in [0.1, 0.15) is 11.6 Å². The van der Waals surface area contributed by atoms with Crippen molar-refractivity contribution < 1.29 is 9.53 Å². The zero-order valence-corrected chi connectivity index (χ0v) is 12.6. The van der Waals surface area contributed by atoms with E-state index in [1.54, 1.807) is 0 Å². The van der Waals surface area contributed by atoms with Crippen LogP contribution in [0.25, 0.3) is 0 Å². The third-order valence-corrected chi connectivity index (χ3v) is 3.92. The molecule has 0 unspecified atom stereocenters. The molecule has 2 bridgehead atoms. The van der Waals surface area contributed by atoms with E-state index < -0.39 is 0 Å². The van der Waals surface area contributed by atoms with Crippen LogP contribution in [0.1, 0.15) is 24.9 Å². The van der Waals surface area contributed by atoms with Gasteiger partial charge in [0.05, 0.1) is 25.2 Å². The molecule has 0 spiro atoms. The van der Waals surface area contributed by atoms with Gasteiger partial charge in [0.15, 0.2) is 0 Å². The molecule has 6 nitrogen and oxygen atoms in total. The quantitative estimate of drug-likeness (QED) is 0.887. The van der Waals surface area contributed by atoms with E-state index in [4.69, 9.17) is 4.74 Å². The summed E-state index contributed by atoms with van der Waals surface area (Å²) in [5.74, 6) is 1.79. The zero-order valence-electron chi connectivity index (χ0n) is 12.6. The fraction of sp³-hybridized carbons (Fsp3) is 0.667. The Balaban J connectivity index is 1.87. The molecule has 1 amide bonds. The topological polar surface area (TPSA) is 67.4 Å². The van der Waals surface area contributed by atoms with Gasteiger partial charge >= 0.3 is 0 Å². The third-order valence-electron chi connectivity index (χ3n) is 3.92. The molecule has 0 aromatic carbocycles. The molecular formula is C15H22N4O2. The second kappa shape index (κ2) is 5.97. The average molecular weight is 290 g/mol. The van der Waals surface area contributed by atoms with Crippen molar-refractivity contribution in [3.63, 3.8) is 0 Å². The first-order valence-electron chi connectivity index (χ1n) is 7.63. The lowest BCUT2D eigenvalue weighted by Crippen LogP contribution is -2.42. The van der Waals surface area contributed by atoms with Crippen molar-refractivity contribution in [3.05, 3.63) is 17.6 Å². The van der Waals surface area contributed by atoms with Gasteiger partial charge in [-0.3, -0.25) is 4.79 Å². The molecule has 2 atom stereocenters. The normalized spacial score (nSPS) is 25.4. The monoisotopic (exact) mass is 290 g/mol. The average Bonchev–Trinajstić information content (AvgIpc) is 2.66.